The molecule has 0 aliphatic rings. The number of ether oxygens (including phenoxy) is 2. The Morgan fingerprint density at radius 1 is 1.22 bits per heavy atom. The third-order valence-electron chi connectivity index (χ3n) is 3.83. The van der Waals surface area contributed by atoms with Crippen molar-refractivity contribution in [2.24, 2.45) is 4.99 Å². The summed E-state index contributed by atoms with van der Waals surface area (Å²) in [5.41, 5.74) is 0. The first kappa shape index (κ1) is 23.1. The van der Waals surface area contributed by atoms with Crippen LogP contribution < -0.4 is 20.1 Å². The van der Waals surface area contributed by atoms with Crippen molar-refractivity contribution in [3.05, 3.63) is 24.3 Å². The van der Waals surface area contributed by atoms with Crippen molar-refractivity contribution in [3.63, 3.8) is 0 Å². The van der Waals surface area contributed by atoms with E-state index in [1.54, 1.807) is 27.9 Å². The molecule has 0 bridgehead atoms. The van der Waals surface area contributed by atoms with E-state index in [2.05, 4.69) is 15.6 Å². The van der Waals surface area contributed by atoms with Gasteiger partial charge in [0.05, 0.1) is 24.2 Å². The lowest BCUT2D eigenvalue weighted by Crippen LogP contribution is -2.42. The fourth-order valence-corrected chi connectivity index (χ4v) is 3.10. The average molecular weight is 400 g/mol. The zero-order valence-corrected chi connectivity index (χ0v) is 18.0. The van der Waals surface area contributed by atoms with Gasteiger partial charge in [-0.3, -0.25) is 0 Å². The zero-order valence-electron chi connectivity index (χ0n) is 17.2. The standard InChI is InChI=1S/C19H33N3O4S/c1-7-20-18(21-11-12-27(23,24)19(3,4)5)22-14-15(2)26-17-10-8-9-16(13-17)25-6/h8-10,13,15H,7,11-12,14H2,1-6H3,(H2,20,21,22). The first-order chi connectivity index (χ1) is 12.6. The third-order valence-corrected chi connectivity index (χ3v) is 6.43. The average Bonchev–Trinajstić information content (AvgIpc) is 2.58. The number of hydrogen-bond donors (Lipinski definition) is 2. The molecule has 0 amide bonds. The van der Waals surface area contributed by atoms with Gasteiger partial charge in [0, 0.05) is 19.2 Å². The number of sulfone groups is 1. The minimum Gasteiger partial charge on any atom is -0.497 e. The molecule has 7 nitrogen and oxygen atoms in total. The molecule has 0 saturated carbocycles. The second-order valence-electron chi connectivity index (χ2n) is 7.19. The quantitative estimate of drug-likeness (QED) is 0.489. The summed E-state index contributed by atoms with van der Waals surface area (Å²) in [7, 11) is -1.56. The second-order valence-corrected chi connectivity index (χ2v) is 10.0. The Labute approximate surface area is 163 Å². The van der Waals surface area contributed by atoms with Crippen molar-refractivity contribution in [2.45, 2.75) is 45.5 Å². The van der Waals surface area contributed by atoms with Gasteiger partial charge in [-0.05, 0) is 46.8 Å². The van der Waals surface area contributed by atoms with Gasteiger partial charge in [-0.15, -0.1) is 0 Å². The van der Waals surface area contributed by atoms with Crippen LogP contribution in [0.25, 0.3) is 0 Å². The van der Waals surface area contributed by atoms with E-state index >= 15 is 0 Å². The predicted molar refractivity (Wildman–Crippen MR) is 111 cm³/mol. The Hall–Kier alpha value is -1.96. The highest BCUT2D eigenvalue weighted by molar-refractivity contribution is 7.92. The Kier molecular flexibility index (Phi) is 8.88. The summed E-state index contributed by atoms with van der Waals surface area (Å²) in [6, 6.07) is 7.41. The van der Waals surface area contributed by atoms with Crippen LogP contribution in [0, 0.1) is 0 Å². The number of benzene rings is 1. The van der Waals surface area contributed by atoms with Crippen LogP contribution >= 0.6 is 0 Å². The highest BCUT2D eigenvalue weighted by atomic mass is 32.2. The van der Waals surface area contributed by atoms with Gasteiger partial charge in [0.1, 0.15) is 17.6 Å². The van der Waals surface area contributed by atoms with Gasteiger partial charge in [-0.2, -0.15) is 0 Å². The molecule has 8 heteroatoms. The van der Waals surface area contributed by atoms with Gasteiger partial charge in [0.2, 0.25) is 0 Å². The lowest BCUT2D eigenvalue weighted by Gasteiger charge is -2.20. The van der Waals surface area contributed by atoms with Crippen molar-refractivity contribution in [1.82, 2.24) is 10.6 Å². The molecule has 1 unspecified atom stereocenters. The minimum atomic E-state index is -3.17. The zero-order chi connectivity index (χ0) is 20.5. The third kappa shape index (κ3) is 8.07. The van der Waals surface area contributed by atoms with Gasteiger partial charge >= 0.3 is 0 Å². The summed E-state index contributed by atoms with van der Waals surface area (Å²) >= 11 is 0. The van der Waals surface area contributed by atoms with Crippen LogP contribution in [0.2, 0.25) is 0 Å². The molecule has 0 aliphatic carbocycles. The number of hydrogen-bond acceptors (Lipinski definition) is 5. The largest absolute Gasteiger partial charge is 0.497 e. The summed E-state index contributed by atoms with van der Waals surface area (Å²) < 4.78 is 34.6. The van der Waals surface area contributed by atoms with Crippen LogP contribution in [0.4, 0.5) is 0 Å². The van der Waals surface area contributed by atoms with E-state index in [1.165, 1.54) is 0 Å². The van der Waals surface area contributed by atoms with Crippen LogP contribution in [0.1, 0.15) is 34.6 Å². The lowest BCUT2D eigenvalue weighted by molar-refractivity contribution is 0.229. The maximum Gasteiger partial charge on any atom is 0.191 e. The van der Waals surface area contributed by atoms with Crippen molar-refractivity contribution in [1.29, 1.82) is 0 Å². The topological polar surface area (TPSA) is 89.0 Å². The van der Waals surface area contributed by atoms with Crippen molar-refractivity contribution >= 4 is 15.8 Å². The molecule has 27 heavy (non-hydrogen) atoms. The number of methoxy groups -OCH3 is 1. The molecule has 0 radical (unpaired) electrons. The summed E-state index contributed by atoms with van der Waals surface area (Å²) in [6.45, 7) is 10.4. The molecule has 1 aromatic carbocycles. The van der Waals surface area contributed by atoms with Crippen molar-refractivity contribution < 1.29 is 17.9 Å². The van der Waals surface area contributed by atoms with Gasteiger partial charge in [0.15, 0.2) is 15.8 Å². The normalized spacial score (nSPS) is 13.8. The lowest BCUT2D eigenvalue weighted by atomic mass is 10.3. The van der Waals surface area contributed by atoms with Crippen molar-refractivity contribution in [2.75, 3.05) is 32.5 Å². The van der Waals surface area contributed by atoms with Crippen molar-refractivity contribution in [3.8, 4) is 11.5 Å². The van der Waals surface area contributed by atoms with E-state index in [9.17, 15) is 8.42 Å². The Balaban J connectivity index is 2.59. The Morgan fingerprint density at radius 3 is 2.48 bits per heavy atom. The molecule has 0 heterocycles. The molecule has 2 N–H and O–H groups in total. The van der Waals surface area contributed by atoms with Crippen LogP contribution in [-0.4, -0.2) is 57.7 Å². The molecule has 0 aromatic heterocycles. The van der Waals surface area contributed by atoms with E-state index in [0.717, 1.165) is 5.75 Å². The van der Waals surface area contributed by atoms with Gasteiger partial charge < -0.3 is 20.1 Å². The summed E-state index contributed by atoms with van der Waals surface area (Å²) in [6.07, 6.45) is -0.147. The number of aliphatic imine (C=N–C) groups is 1. The maximum absolute atomic E-state index is 12.2. The van der Waals surface area contributed by atoms with Crippen LogP contribution in [-0.2, 0) is 9.84 Å². The molecule has 0 spiro atoms. The summed E-state index contributed by atoms with van der Waals surface area (Å²) in [4.78, 5) is 4.48. The van der Waals surface area contributed by atoms with E-state index in [-0.39, 0.29) is 11.9 Å². The number of nitrogens with zero attached hydrogens (tertiary/aromatic N) is 1. The SMILES string of the molecule is CCNC(=NCC(C)Oc1cccc(OC)c1)NCCS(=O)(=O)C(C)(C)C. The molecule has 1 atom stereocenters. The summed E-state index contributed by atoms with van der Waals surface area (Å²) in [5.74, 6) is 2.07. The monoisotopic (exact) mass is 399 g/mol. The van der Waals surface area contributed by atoms with Gasteiger partial charge in [-0.25, -0.2) is 13.4 Å². The van der Waals surface area contributed by atoms with Crippen LogP contribution in [0.5, 0.6) is 11.5 Å². The molecular weight excluding hydrogens is 366 g/mol. The highest BCUT2D eigenvalue weighted by Gasteiger charge is 2.28. The van der Waals surface area contributed by atoms with E-state index in [0.29, 0.717) is 31.3 Å². The van der Waals surface area contributed by atoms with Crippen LogP contribution in [0.15, 0.2) is 29.3 Å². The highest BCUT2D eigenvalue weighted by Crippen LogP contribution is 2.20. The molecule has 0 fully saturated rings. The Morgan fingerprint density at radius 2 is 1.89 bits per heavy atom. The van der Waals surface area contributed by atoms with E-state index in [1.807, 2.05) is 38.1 Å². The number of guanidine groups is 1. The fourth-order valence-electron chi connectivity index (χ4n) is 2.12. The van der Waals surface area contributed by atoms with E-state index in [4.69, 9.17) is 9.47 Å². The first-order valence-corrected chi connectivity index (χ1v) is 10.8. The summed E-state index contributed by atoms with van der Waals surface area (Å²) in [5, 5.41) is 6.18. The maximum atomic E-state index is 12.2. The molecular formula is C19H33N3O4S. The molecule has 0 saturated heterocycles. The van der Waals surface area contributed by atoms with Gasteiger partial charge in [-0.1, -0.05) is 6.07 Å². The van der Waals surface area contributed by atoms with Gasteiger partial charge in [0.25, 0.3) is 0 Å². The van der Waals surface area contributed by atoms with E-state index < -0.39 is 14.6 Å². The molecule has 0 aliphatic heterocycles. The minimum absolute atomic E-state index is 0.0524. The Bertz CT molecular complexity index is 712. The smallest absolute Gasteiger partial charge is 0.191 e. The number of nitrogens with one attached hydrogen (secondary N) is 2. The second kappa shape index (κ2) is 10.4. The first-order valence-electron chi connectivity index (χ1n) is 9.14. The molecule has 1 aromatic rings. The number of rotatable bonds is 9. The van der Waals surface area contributed by atoms with Crippen LogP contribution in [0.3, 0.4) is 0 Å². The predicted octanol–water partition coefficient (Wildman–Crippen LogP) is 2.23. The molecule has 154 valence electrons. The fraction of sp³-hybridized carbons (Fsp3) is 0.632. The molecule has 1 rings (SSSR count).